The summed E-state index contributed by atoms with van der Waals surface area (Å²) < 4.78 is 2.02. The Labute approximate surface area is 71.2 Å². The first kappa shape index (κ1) is 9.21. The summed E-state index contributed by atoms with van der Waals surface area (Å²) in [5.74, 6) is 0. The molecular weight excluding hydrogens is 223 g/mol. The summed E-state index contributed by atoms with van der Waals surface area (Å²) in [6, 6.07) is 0. The molecule has 0 unspecified atom stereocenters. The standard InChI is InChI=1S/C8H13I/c1-3-5-8(2)6-4-7-9/h4,6-7H,3,5H2,1-2H3/b7-4-,8-6+. The largest absolute Gasteiger partial charge is 0.0733 e. The first-order valence-electron chi connectivity index (χ1n) is 3.23. The number of halogens is 1. The zero-order valence-electron chi connectivity index (χ0n) is 6.02. The molecule has 0 atom stereocenters. The van der Waals surface area contributed by atoms with Crippen LogP contribution in [0.25, 0.3) is 0 Å². The van der Waals surface area contributed by atoms with Gasteiger partial charge in [0.1, 0.15) is 0 Å². The van der Waals surface area contributed by atoms with Crippen molar-refractivity contribution < 1.29 is 0 Å². The number of hydrogen-bond acceptors (Lipinski definition) is 0. The molecule has 0 bridgehead atoms. The van der Waals surface area contributed by atoms with Crippen molar-refractivity contribution in [3.8, 4) is 0 Å². The molecule has 1 heteroatoms. The van der Waals surface area contributed by atoms with Gasteiger partial charge in [-0.2, -0.15) is 0 Å². The average molecular weight is 236 g/mol. The summed E-state index contributed by atoms with van der Waals surface area (Å²) in [6.07, 6.45) is 6.71. The Hall–Kier alpha value is 0.210. The van der Waals surface area contributed by atoms with Crippen molar-refractivity contribution in [3.05, 3.63) is 21.8 Å². The van der Waals surface area contributed by atoms with E-state index in [2.05, 4.69) is 48.6 Å². The van der Waals surface area contributed by atoms with Crippen molar-refractivity contribution in [2.75, 3.05) is 0 Å². The first-order valence-corrected chi connectivity index (χ1v) is 4.48. The molecule has 52 valence electrons. The molecule has 0 fully saturated rings. The molecule has 0 heterocycles. The monoisotopic (exact) mass is 236 g/mol. The number of allylic oxidation sites excluding steroid dienone is 3. The van der Waals surface area contributed by atoms with Crippen LogP contribution >= 0.6 is 22.6 Å². The Bertz CT molecular complexity index is 112. The molecule has 0 rings (SSSR count). The topological polar surface area (TPSA) is 0 Å². The maximum atomic E-state index is 2.22. The smallest absolute Gasteiger partial charge is 0.0234 e. The maximum Gasteiger partial charge on any atom is -0.0234 e. The minimum Gasteiger partial charge on any atom is -0.0733 e. The van der Waals surface area contributed by atoms with E-state index in [-0.39, 0.29) is 0 Å². The quantitative estimate of drug-likeness (QED) is 0.518. The van der Waals surface area contributed by atoms with Gasteiger partial charge in [0.05, 0.1) is 0 Å². The lowest BCUT2D eigenvalue weighted by Crippen LogP contribution is -1.71. The van der Waals surface area contributed by atoms with Gasteiger partial charge in [-0.1, -0.05) is 53.7 Å². The van der Waals surface area contributed by atoms with Crippen molar-refractivity contribution in [1.29, 1.82) is 0 Å². The average Bonchev–Trinajstić information content (AvgIpc) is 1.85. The second-order valence-electron chi connectivity index (χ2n) is 2.08. The maximum absolute atomic E-state index is 2.22. The minimum atomic E-state index is 1.22. The zero-order chi connectivity index (χ0) is 7.11. The lowest BCUT2D eigenvalue weighted by atomic mass is 10.2. The van der Waals surface area contributed by atoms with Crippen LogP contribution in [0.4, 0.5) is 0 Å². The van der Waals surface area contributed by atoms with E-state index in [1.54, 1.807) is 0 Å². The second-order valence-corrected chi connectivity index (χ2v) is 2.80. The summed E-state index contributed by atoms with van der Waals surface area (Å²) in [5.41, 5.74) is 1.46. The van der Waals surface area contributed by atoms with E-state index in [0.717, 1.165) is 0 Å². The Kier molecular flexibility index (Phi) is 6.48. The van der Waals surface area contributed by atoms with Crippen molar-refractivity contribution in [3.63, 3.8) is 0 Å². The molecule has 0 aromatic rings. The molecule has 0 aliphatic rings. The third-order valence-corrected chi connectivity index (χ3v) is 1.51. The highest BCUT2D eigenvalue weighted by molar-refractivity contribution is 14.1. The fraction of sp³-hybridized carbons (Fsp3) is 0.500. The van der Waals surface area contributed by atoms with Crippen molar-refractivity contribution in [2.45, 2.75) is 26.7 Å². The van der Waals surface area contributed by atoms with Crippen LogP contribution in [0.1, 0.15) is 26.7 Å². The highest BCUT2D eigenvalue weighted by atomic mass is 127. The van der Waals surface area contributed by atoms with Crippen LogP contribution in [0.3, 0.4) is 0 Å². The van der Waals surface area contributed by atoms with E-state index < -0.39 is 0 Å². The molecule has 0 saturated carbocycles. The molecule has 0 aromatic carbocycles. The van der Waals surface area contributed by atoms with Crippen LogP contribution in [0.5, 0.6) is 0 Å². The van der Waals surface area contributed by atoms with Gasteiger partial charge in [0, 0.05) is 0 Å². The van der Waals surface area contributed by atoms with Crippen LogP contribution < -0.4 is 0 Å². The number of rotatable bonds is 3. The molecule has 0 radical (unpaired) electrons. The van der Waals surface area contributed by atoms with Gasteiger partial charge >= 0.3 is 0 Å². The fourth-order valence-electron chi connectivity index (χ4n) is 0.678. The molecule has 0 aliphatic heterocycles. The summed E-state index contributed by atoms with van der Waals surface area (Å²) in [4.78, 5) is 0. The molecule has 9 heavy (non-hydrogen) atoms. The zero-order valence-corrected chi connectivity index (χ0v) is 8.18. The van der Waals surface area contributed by atoms with Crippen LogP contribution in [0, 0.1) is 0 Å². The Balaban J connectivity index is 3.55. The predicted octanol–water partition coefficient (Wildman–Crippen LogP) is 3.68. The van der Waals surface area contributed by atoms with Gasteiger partial charge in [0.25, 0.3) is 0 Å². The van der Waals surface area contributed by atoms with Crippen LogP contribution in [0.15, 0.2) is 21.8 Å². The summed E-state index contributed by atoms with van der Waals surface area (Å²) in [6.45, 7) is 4.37. The molecular formula is C8H13I. The summed E-state index contributed by atoms with van der Waals surface area (Å²) in [5, 5.41) is 0. The Morgan fingerprint density at radius 1 is 1.56 bits per heavy atom. The van der Waals surface area contributed by atoms with Crippen molar-refractivity contribution >= 4 is 22.6 Å². The highest BCUT2D eigenvalue weighted by Crippen LogP contribution is 2.02. The highest BCUT2D eigenvalue weighted by Gasteiger charge is 1.81. The van der Waals surface area contributed by atoms with Gasteiger partial charge in [0.2, 0.25) is 0 Å². The number of hydrogen-bond donors (Lipinski definition) is 0. The molecule has 0 aliphatic carbocycles. The van der Waals surface area contributed by atoms with E-state index >= 15 is 0 Å². The lowest BCUT2D eigenvalue weighted by Gasteiger charge is -1.92. The molecule has 0 spiro atoms. The van der Waals surface area contributed by atoms with Crippen molar-refractivity contribution in [2.24, 2.45) is 0 Å². The van der Waals surface area contributed by atoms with E-state index in [1.807, 2.05) is 4.08 Å². The van der Waals surface area contributed by atoms with Crippen LogP contribution in [-0.2, 0) is 0 Å². The third-order valence-electron chi connectivity index (χ3n) is 1.10. The first-order chi connectivity index (χ1) is 4.31. The van der Waals surface area contributed by atoms with E-state index in [4.69, 9.17) is 0 Å². The normalized spacial score (nSPS) is 13.0. The Morgan fingerprint density at radius 2 is 2.22 bits per heavy atom. The van der Waals surface area contributed by atoms with Gasteiger partial charge in [-0.25, -0.2) is 0 Å². The summed E-state index contributed by atoms with van der Waals surface area (Å²) >= 11 is 2.22. The van der Waals surface area contributed by atoms with Gasteiger partial charge in [0.15, 0.2) is 0 Å². The lowest BCUT2D eigenvalue weighted by molar-refractivity contribution is 0.906. The minimum absolute atomic E-state index is 1.22. The molecule has 0 nitrogen and oxygen atoms in total. The molecule has 0 N–H and O–H groups in total. The van der Waals surface area contributed by atoms with E-state index in [9.17, 15) is 0 Å². The second kappa shape index (κ2) is 6.33. The third kappa shape index (κ3) is 6.09. The van der Waals surface area contributed by atoms with Crippen molar-refractivity contribution in [1.82, 2.24) is 0 Å². The van der Waals surface area contributed by atoms with E-state index in [0.29, 0.717) is 0 Å². The SMILES string of the molecule is CCC/C(C)=C/C=C\I. The van der Waals surface area contributed by atoms with Gasteiger partial charge in [-0.3, -0.25) is 0 Å². The predicted molar refractivity (Wildman–Crippen MR) is 51.8 cm³/mol. The molecule has 0 saturated heterocycles. The Morgan fingerprint density at radius 3 is 2.67 bits per heavy atom. The fourth-order valence-corrected chi connectivity index (χ4v) is 0.886. The molecule has 0 amide bonds. The van der Waals surface area contributed by atoms with E-state index in [1.165, 1.54) is 18.4 Å². The van der Waals surface area contributed by atoms with Gasteiger partial charge in [-0.15, -0.1) is 0 Å². The molecule has 0 aromatic heterocycles. The van der Waals surface area contributed by atoms with Gasteiger partial charge in [-0.05, 0) is 17.4 Å². The van der Waals surface area contributed by atoms with Gasteiger partial charge < -0.3 is 0 Å². The summed E-state index contributed by atoms with van der Waals surface area (Å²) in [7, 11) is 0. The van der Waals surface area contributed by atoms with Crippen LogP contribution in [0.2, 0.25) is 0 Å². The van der Waals surface area contributed by atoms with Crippen LogP contribution in [-0.4, -0.2) is 0 Å².